The molecule has 2 fully saturated rings. The number of amides is 1. The van der Waals surface area contributed by atoms with Gasteiger partial charge in [-0.1, -0.05) is 5.92 Å². The van der Waals surface area contributed by atoms with E-state index in [0.717, 1.165) is 82.4 Å². The summed E-state index contributed by atoms with van der Waals surface area (Å²) in [6.45, 7) is 7.36. The van der Waals surface area contributed by atoms with Crippen molar-refractivity contribution in [2.24, 2.45) is 5.92 Å². The van der Waals surface area contributed by atoms with Crippen molar-refractivity contribution in [1.82, 2.24) is 29.7 Å². The summed E-state index contributed by atoms with van der Waals surface area (Å²) < 4.78 is 1.95. The molecular formula is C21H27N7O. The topological polar surface area (TPSA) is 69.0 Å². The van der Waals surface area contributed by atoms with Gasteiger partial charge in [-0.2, -0.15) is 9.61 Å². The van der Waals surface area contributed by atoms with Crippen LogP contribution in [0.2, 0.25) is 0 Å². The highest BCUT2D eigenvalue weighted by Gasteiger charge is 2.38. The van der Waals surface area contributed by atoms with E-state index in [1.165, 1.54) is 5.56 Å². The number of nitrogens with one attached hydrogen (secondary N) is 1. The summed E-state index contributed by atoms with van der Waals surface area (Å²) in [7, 11) is 0. The van der Waals surface area contributed by atoms with Gasteiger partial charge in [-0.25, -0.2) is 4.98 Å². The maximum absolute atomic E-state index is 13.0. The number of hydrogen-bond acceptors (Lipinski definition) is 6. The van der Waals surface area contributed by atoms with Crippen molar-refractivity contribution in [1.29, 1.82) is 0 Å². The Kier molecular flexibility index (Phi) is 4.86. The Morgan fingerprint density at radius 2 is 2.00 bits per heavy atom. The van der Waals surface area contributed by atoms with Crippen LogP contribution in [0.1, 0.15) is 11.3 Å². The Labute approximate surface area is 170 Å². The van der Waals surface area contributed by atoms with Crippen molar-refractivity contribution >= 4 is 17.4 Å². The van der Waals surface area contributed by atoms with E-state index in [0.29, 0.717) is 6.54 Å². The number of hydrogen-bond donors (Lipinski definition) is 1. The third-order valence-corrected chi connectivity index (χ3v) is 6.31. The third kappa shape index (κ3) is 3.34. The molecule has 0 bridgehead atoms. The number of nitrogens with zero attached hydrogens (tertiary/aromatic N) is 6. The molecule has 29 heavy (non-hydrogen) atoms. The maximum Gasteiger partial charge on any atom is 0.229 e. The number of carbonyl (C=O) groups excluding carboxylic acids is 1. The Morgan fingerprint density at radius 1 is 1.21 bits per heavy atom. The molecule has 0 saturated carbocycles. The highest BCUT2D eigenvalue weighted by atomic mass is 16.2. The molecule has 1 amide bonds. The van der Waals surface area contributed by atoms with Gasteiger partial charge in [0.1, 0.15) is 5.82 Å². The number of anilines is 1. The molecule has 0 spiro atoms. The average molecular weight is 393 g/mol. The summed E-state index contributed by atoms with van der Waals surface area (Å²) in [4.78, 5) is 24.3. The lowest BCUT2D eigenvalue weighted by Crippen LogP contribution is -2.58. The Morgan fingerprint density at radius 3 is 2.79 bits per heavy atom. The van der Waals surface area contributed by atoms with Crippen LogP contribution in [-0.4, -0.2) is 89.2 Å². The van der Waals surface area contributed by atoms with E-state index in [4.69, 9.17) is 11.4 Å². The van der Waals surface area contributed by atoms with Crippen LogP contribution in [0, 0.1) is 18.3 Å². The van der Waals surface area contributed by atoms with Crippen LogP contribution in [0.4, 0.5) is 5.82 Å². The zero-order valence-corrected chi connectivity index (χ0v) is 16.7. The number of fused-ring (bicyclic) bond motifs is 2. The Hall–Kier alpha value is -2.63. The van der Waals surface area contributed by atoms with E-state index in [2.05, 4.69) is 26.1 Å². The first kappa shape index (κ1) is 18.4. The van der Waals surface area contributed by atoms with Gasteiger partial charge in [-0.05, 0) is 13.0 Å². The number of aromatic nitrogens is 3. The predicted octanol–water partition coefficient (Wildman–Crippen LogP) is -0.369. The fourth-order valence-electron chi connectivity index (χ4n) is 4.66. The molecule has 1 N–H and O–H groups in total. The quantitative estimate of drug-likeness (QED) is 0.718. The Bertz CT molecular complexity index is 948. The number of carbonyl (C=O) groups is 1. The minimum absolute atomic E-state index is 0.0625. The second kappa shape index (κ2) is 7.65. The Balaban J connectivity index is 1.30. The first-order valence-corrected chi connectivity index (χ1v) is 10.5. The van der Waals surface area contributed by atoms with Crippen LogP contribution >= 0.6 is 0 Å². The van der Waals surface area contributed by atoms with Gasteiger partial charge in [-0.15, -0.1) is 6.42 Å². The summed E-state index contributed by atoms with van der Waals surface area (Å²) >= 11 is 0. The second-order valence-electron chi connectivity index (χ2n) is 8.12. The van der Waals surface area contributed by atoms with Gasteiger partial charge in [0.15, 0.2) is 5.65 Å². The van der Waals surface area contributed by atoms with Crippen molar-refractivity contribution in [3.8, 4) is 12.3 Å². The molecule has 2 saturated heterocycles. The summed E-state index contributed by atoms with van der Waals surface area (Å²) in [6.07, 6.45) is 9.08. The molecule has 152 valence electrons. The zero-order chi connectivity index (χ0) is 19.8. The van der Waals surface area contributed by atoms with Crippen LogP contribution < -0.4 is 10.2 Å². The second-order valence-corrected chi connectivity index (χ2v) is 8.12. The lowest BCUT2D eigenvalue weighted by Gasteiger charge is -2.44. The maximum atomic E-state index is 13.0. The molecule has 3 aliphatic rings. The van der Waals surface area contributed by atoms with Gasteiger partial charge >= 0.3 is 0 Å². The molecule has 0 unspecified atom stereocenters. The molecule has 8 heteroatoms. The molecule has 2 aromatic heterocycles. The van der Waals surface area contributed by atoms with Gasteiger partial charge in [0.2, 0.25) is 5.91 Å². The van der Waals surface area contributed by atoms with Crippen molar-refractivity contribution < 1.29 is 4.79 Å². The van der Waals surface area contributed by atoms with Crippen LogP contribution in [-0.2, 0) is 17.6 Å². The van der Waals surface area contributed by atoms with E-state index in [1.807, 2.05) is 21.7 Å². The SMILES string of the molecule is C#CCN1CCN(C(=O)C2CN(c3c4c(nc5ccnn35)CCNCC4)C2)CC1. The van der Waals surface area contributed by atoms with Gasteiger partial charge < -0.3 is 15.1 Å². The first-order chi connectivity index (χ1) is 14.2. The number of rotatable bonds is 3. The molecule has 5 rings (SSSR count). The molecule has 5 heterocycles. The standard InChI is InChI=1S/C21H27N7O/c1-2-9-25-10-12-26(13-11-25)21(29)16-14-27(15-16)20-17-3-6-22-7-4-18(17)24-19-5-8-23-28(19)20/h1,5,8,16,22H,3-4,6-7,9-15H2. The monoisotopic (exact) mass is 393 g/mol. The van der Waals surface area contributed by atoms with Gasteiger partial charge in [0.25, 0.3) is 0 Å². The lowest BCUT2D eigenvalue weighted by molar-refractivity contribution is -0.138. The third-order valence-electron chi connectivity index (χ3n) is 6.31. The van der Waals surface area contributed by atoms with Gasteiger partial charge in [0, 0.05) is 63.9 Å². The molecule has 8 nitrogen and oxygen atoms in total. The van der Waals surface area contributed by atoms with E-state index in [-0.39, 0.29) is 11.8 Å². The van der Waals surface area contributed by atoms with Crippen LogP contribution in [0.5, 0.6) is 0 Å². The highest BCUT2D eigenvalue weighted by molar-refractivity contribution is 5.82. The number of terminal acetylenes is 1. The molecule has 0 aliphatic carbocycles. The van der Waals surface area contributed by atoms with Crippen molar-refractivity contribution in [3.05, 3.63) is 23.5 Å². The van der Waals surface area contributed by atoms with Gasteiger partial charge in [0.05, 0.1) is 24.4 Å². The van der Waals surface area contributed by atoms with Crippen molar-refractivity contribution in [3.63, 3.8) is 0 Å². The highest BCUT2D eigenvalue weighted by Crippen LogP contribution is 2.32. The predicted molar refractivity (Wildman–Crippen MR) is 111 cm³/mol. The van der Waals surface area contributed by atoms with Crippen molar-refractivity contribution in [2.75, 3.05) is 63.8 Å². The lowest BCUT2D eigenvalue weighted by atomic mass is 9.96. The normalized spacial score (nSPS) is 20.8. The molecule has 2 aromatic rings. The fraction of sp³-hybridized carbons (Fsp3) is 0.571. The largest absolute Gasteiger partial charge is 0.354 e. The summed E-state index contributed by atoms with van der Waals surface area (Å²) in [6, 6.07) is 1.96. The van der Waals surface area contributed by atoms with Crippen LogP contribution in [0.15, 0.2) is 12.3 Å². The summed E-state index contributed by atoms with van der Waals surface area (Å²) in [5.74, 6) is 4.16. The summed E-state index contributed by atoms with van der Waals surface area (Å²) in [5.41, 5.74) is 3.33. The van der Waals surface area contributed by atoms with Crippen LogP contribution in [0.25, 0.3) is 5.65 Å². The van der Waals surface area contributed by atoms with E-state index in [9.17, 15) is 4.79 Å². The zero-order valence-electron chi connectivity index (χ0n) is 16.7. The number of piperazine rings is 1. The van der Waals surface area contributed by atoms with Crippen molar-refractivity contribution in [2.45, 2.75) is 12.8 Å². The van der Waals surface area contributed by atoms with Crippen LogP contribution in [0.3, 0.4) is 0 Å². The average Bonchev–Trinajstić information content (AvgIpc) is 3.04. The fourth-order valence-corrected chi connectivity index (χ4v) is 4.66. The minimum Gasteiger partial charge on any atom is -0.354 e. The van der Waals surface area contributed by atoms with E-state index < -0.39 is 0 Å². The minimum atomic E-state index is 0.0625. The van der Waals surface area contributed by atoms with Gasteiger partial charge in [-0.3, -0.25) is 9.69 Å². The van der Waals surface area contributed by atoms with E-state index in [1.54, 1.807) is 0 Å². The molecule has 0 radical (unpaired) electrons. The molecule has 3 aliphatic heterocycles. The molecule has 0 aromatic carbocycles. The molecular weight excluding hydrogens is 366 g/mol. The van der Waals surface area contributed by atoms with E-state index >= 15 is 0 Å². The molecule has 0 atom stereocenters. The smallest absolute Gasteiger partial charge is 0.229 e. The first-order valence-electron chi connectivity index (χ1n) is 10.5. The summed E-state index contributed by atoms with van der Waals surface area (Å²) in [5, 5.41) is 7.98.